The van der Waals surface area contributed by atoms with Crippen LogP contribution in [0.3, 0.4) is 0 Å². The van der Waals surface area contributed by atoms with Gasteiger partial charge in [0.1, 0.15) is 6.10 Å². The molecule has 0 aromatic heterocycles. The van der Waals surface area contributed by atoms with Gasteiger partial charge in [0, 0.05) is 6.54 Å². The summed E-state index contributed by atoms with van der Waals surface area (Å²) in [4.78, 5) is 0. The SMILES string of the molecule is CCC(CNCC(C)C)Oc1cccc(C)c1F. The van der Waals surface area contributed by atoms with E-state index < -0.39 is 0 Å². The second-order valence-electron chi connectivity index (χ2n) is 5.09. The van der Waals surface area contributed by atoms with E-state index in [4.69, 9.17) is 4.74 Å². The molecule has 0 aliphatic rings. The molecule has 0 aliphatic carbocycles. The molecule has 0 fully saturated rings. The van der Waals surface area contributed by atoms with Gasteiger partial charge >= 0.3 is 0 Å². The Morgan fingerprint density at radius 1 is 1.28 bits per heavy atom. The fraction of sp³-hybridized carbons (Fsp3) is 0.600. The molecule has 0 heterocycles. The Bertz CT molecular complexity index is 366. The van der Waals surface area contributed by atoms with Crippen LogP contribution in [0.25, 0.3) is 0 Å². The molecule has 1 unspecified atom stereocenters. The average Bonchev–Trinajstić information content (AvgIpc) is 2.33. The number of benzene rings is 1. The monoisotopic (exact) mass is 253 g/mol. The lowest BCUT2D eigenvalue weighted by Crippen LogP contribution is -2.33. The number of aryl methyl sites for hydroxylation is 1. The Labute approximate surface area is 110 Å². The van der Waals surface area contributed by atoms with Crippen LogP contribution in [0, 0.1) is 18.7 Å². The summed E-state index contributed by atoms with van der Waals surface area (Å²) in [6.07, 6.45) is 0.874. The van der Waals surface area contributed by atoms with Gasteiger partial charge in [0.15, 0.2) is 11.6 Å². The van der Waals surface area contributed by atoms with E-state index in [1.54, 1.807) is 19.1 Å². The Balaban J connectivity index is 2.54. The van der Waals surface area contributed by atoms with Gasteiger partial charge in [-0.2, -0.15) is 0 Å². The third kappa shape index (κ3) is 4.65. The summed E-state index contributed by atoms with van der Waals surface area (Å²) < 4.78 is 19.5. The number of hydrogen-bond donors (Lipinski definition) is 1. The van der Waals surface area contributed by atoms with Gasteiger partial charge in [-0.1, -0.05) is 32.9 Å². The van der Waals surface area contributed by atoms with Crippen molar-refractivity contribution in [2.45, 2.75) is 40.2 Å². The summed E-state index contributed by atoms with van der Waals surface area (Å²) in [5.41, 5.74) is 0.623. The third-order valence-electron chi connectivity index (χ3n) is 2.83. The van der Waals surface area contributed by atoms with Crippen molar-refractivity contribution in [1.82, 2.24) is 5.32 Å². The molecule has 0 saturated carbocycles. The van der Waals surface area contributed by atoms with Crippen LogP contribution in [0.1, 0.15) is 32.8 Å². The molecule has 0 saturated heterocycles. The van der Waals surface area contributed by atoms with Crippen LogP contribution in [0.5, 0.6) is 5.75 Å². The fourth-order valence-corrected chi connectivity index (χ4v) is 1.69. The molecular weight excluding hydrogens is 229 g/mol. The van der Waals surface area contributed by atoms with Crippen molar-refractivity contribution in [3.05, 3.63) is 29.6 Å². The van der Waals surface area contributed by atoms with E-state index in [9.17, 15) is 4.39 Å². The molecule has 102 valence electrons. The van der Waals surface area contributed by atoms with Crippen LogP contribution >= 0.6 is 0 Å². The Kier molecular flexibility index (Phi) is 6.13. The standard InChI is InChI=1S/C15H24FNO/c1-5-13(10-17-9-11(2)3)18-14-8-6-7-12(4)15(14)16/h6-8,11,13,17H,5,9-10H2,1-4H3. The molecule has 1 N–H and O–H groups in total. The van der Waals surface area contributed by atoms with E-state index in [-0.39, 0.29) is 11.9 Å². The molecule has 18 heavy (non-hydrogen) atoms. The molecule has 1 atom stereocenters. The smallest absolute Gasteiger partial charge is 0.167 e. The molecular formula is C15H24FNO. The number of nitrogens with one attached hydrogen (secondary N) is 1. The molecule has 0 radical (unpaired) electrons. The largest absolute Gasteiger partial charge is 0.486 e. The molecule has 2 nitrogen and oxygen atoms in total. The van der Waals surface area contributed by atoms with E-state index in [0.717, 1.165) is 19.5 Å². The Morgan fingerprint density at radius 3 is 2.61 bits per heavy atom. The van der Waals surface area contributed by atoms with Gasteiger partial charge in [0.25, 0.3) is 0 Å². The summed E-state index contributed by atoms with van der Waals surface area (Å²) in [6.45, 7) is 9.83. The van der Waals surface area contributed by atoms with Gasteiger partial charge in [-0.25, -0.2) is 4.39 Å². The minimum atomic E-state index is -0.250. The minimum absolute atomic E-state index is 0.0139. The first kappa shape index (κ1) is 15.0. The zero-order valence-electron chi connectivity index (χ0n) is 11.8. The first-order chi connectivity index (χ1) is 8.54. The van der Waals surface area contributed by atoms with Crippen molar-refractivity contribution in [3.63, 3.8) is 0 Å². The van der Waals surface area contributed by atoms with Crippen LogP contribution < -0.4 is 10.1 Å². The fourth-order valence-electron chi connectivity index (χ4n) is 1.69. The topological polar surface area (TPSA) is 21.3 Å². The van der Waals surface area contributed by atoms with E-state index in [0.29, 0.717) is 17.2 Å². The normalized spacial score (nSPS) is 12.8. The van der Waals surface area contributed by atoms with Crippen molar-refractivity contribution in [2.24, 2.45) is 5.92 Å². The Hall–Kier alpha value is -1.09. The van der Waals surface area contributed by atoms with Crippen molar-refractivity contribution in [1.29, 1.82) is 0 Å². The highest BCUT2D eigenvalue weighted by molar-refractivity contribution is 5.30. The average molecular weight is 253 g/mol. The number of halogens is 1. The summed E-state index contributed by atoms with van der Waals surface area (Å²) in [6, 6.07) is 5.26. The second-order valence-corrected chi connectivity index (χ2v) is 5.09. The lowest BCUT2D eigenvalue weighted by atomic mass is 10.2. The van der Waals surface area contributed by atoms with Crippen molar-refractivity contribution in [3.8, 4) is 5.75 Å². The van der Waals surface area contributed by atoms with Gasteiger partial charge < -0.3 is 10.1 Å². The van der Waals surface area contributed by atoms with Crippen LogP contribution in [0.2, 0.25) is 0 Å². The molecule has 0 spiro atoms. The van der Waals surface area contributed by atoms with Crippen molar-refractivity contribution < 1.29 is 9.13 Å². The molecule has 0 aliphatic heterocycles. The van der Waals surface area contributed by atoms with E-state index in [1.165, 1.54) is 0 Å². The van der Waals surface area contributed by atoms with Crippen LogP contribution in [-0.2, 0) is 0 Å². The predicted octanol–water partition coefficient (Wildman–Crippen LogP) is 3.54. The molecule has 1 aromatic rings. The van der Waals surface area contributed by atoms with Crippen molar-refractivity contribution >= 4 is 0 Å². The lowest BCUT2D eigenvalue weighted by molar-refractivity contribution is 0.183. The number of hydrogen-bond acceptors (Lipinski definition) is 2. The van der Waals surface area contributed by atoms with Gasteiger partial charge in [-0.3, -0.25) is 0 Å². The van der Waals surface area contributed by atoms with Crippen LogP contribution in [-0.4, -0.2) is 19.2 Å². The maximum Gasteiger partial charge on any atom is 0.167 e. The minimum Gasteiger partial charge on any atom is -0.486 e. The highest BCUT2D eigenvalue weighted by atomic mass is 19.1. The van der Waals surface area contributed by atoms with Crippen molar-refractivity contribution in [2.75, 3.05) is 13.1 Å². The molecule has 0 bridgehead atoms. The summed E-state index contributed by atoms with van der Waals surface area (Å²) >= 11 is 0. The molecule has 3 heteroatoms. The van der Waals surface area contributed by atoms with E-state index in [1.807, 2.05) is 6.07 Å². The van der Waals surface area contributed by atoms with E-state index >= 15 is 0 Å². The highest BCUT2D eigenvalue weighted by Crippen LogP contribution is 2.21. The van der Waals surface area contributed by atoms with E-state index in [2.05, 4.69) is 26.1 Å². The zero-order valence-corrected chi connectivity index (χ0v) is 11.8. The summed E-state index contributed by atoms with van der Waals surface area (Å²) in [7, 11) is 0. The first-order valence-electron chi connectivity index (χ1n) is 6.67. The van der Waals surface area contributed by atoms with Gasteiger partial charge in [-0.15, -0.1) is 0 Å². The quantitative estimate of drug-likeness (QED) is 0.802. The Morgan fingerprint density at radius 2 is 2.00 bits per heavy atom. The number of ether oxygens (including phenoxy) is 1. The van der Waals surface area contributed by atoms with Gasteiger partial charge in [-0.05, 0) is 37.4 Å². The lowest BCUT2D eigenvalue weighted by Gasteiger charge is -2.19. The van der Waals surface area contributed by atoms with Gasteiger partial charge in [0.05, 0.1) is 0 Å². The highest BCUT2D eigenvalue weighted by Gasteiger charge is 2.12. The molecule has 1 aromatic carbocycles. The maximum atomic E-state index is 13.8. The van der Waals surface area contributed by atoms with Crippen LogP contribution in [0.4, 0.5) is 4.39 Å². The second kappa shape index (κ2) is 7.37. The summed E-state index contributed by atoms with van der Waals surface area (Å²) in [5, 5.41) is 3.34. The predicted molar refractivity (Wildman–Crippen MR) is 73.6 cm³/mol. The summed E-state index contributed by atoms with van der Waals surface area (Å²) in [5.74, 6) is 0.714. The van der Waals surface area contributed by atoms with Gasteiger partial charge in [0.2, 0.25) is 0 Å². The molecule has 0 amide bonds. The van der Waals surface area contributed by atoms with Crippen LogP contribution in [0.15, 0.2) is 18.2 Å². The first-order valence-corrected chi connectivity index (χ1v) is 6.67. The maximum absolute atomic E-state index is 13.8. The number of rotatable bonds is 7. The molecule has 1 rings (SSSR count). The third-order valence-corrected chi connectivity index (χ3v) is 2.83. The zero-order chi connectivity index (χ0) is 13.5.